The van der Waals surface area contributed by atoms with Crippen LogP contribution in [0.2, 0.25) is 0 Å². The zero-order valence-electron chi connectivity index (χ0n) is 19.4. The van der Waals surface area contributed by atoms with Crippen molar-refractivity contribution < 1.29 is 19.0 Å². The Bertz CT molecular complexity index is 1360. The fraction of sp³-hybridized carbons (Fsp3) is 0.269. The lowest BCUT2D eigenvalue weighted by molar-refractivity contribution is -0.116. The number of hydrogen-bond donors (Lipinski definition) is 1. The number of carbonyl (C=O) groups excluding carboxylic acids is 1. The Morgan fingerprint density at radius 2 is 1.91 bits per heavy atom. The lowest BCUT2D eigenvalue weighted by Crippen LogP contribution is -2.13. The van der Waals surface area contributed by atoms with Gasteiger partial charge in [0.25, 0.3) is 0 Å². The predicted octanol–water partition coefficient (Wildman–Crippen LogP) is 4.74. The molecular weight excluding hydrogens is 432 g/mol. The highest BCUT2D eigenvalue weighted by atomic mass is 16.7. The van der Waals surface area contributed by atoms with Crippen molar-refractivity contribution in [2.45, 2.75) is 33.6 Å². The Morgan fingerprint density at radius 1 is 1.12 bits per heavy atom. The largest absolute Gasteiger partial charge is 0.478 e. The number of ether oxygens (including phenoxy) is 3. The monoisotopic (exact) mass is 458 g/mol. The topological polar surface area (TPSA) is 87.5 Å². The first-order valence-electron chi connectivity index (χ1n) is 11.3. The summed E-state index contributed by atoms with van der Waals surface area (Å²) in [6.07, 6.45) is 0.783. The average molecular weight is 459 g/mol. The number of rotatable bonds is 7. The number of fused-ring (bicyclic) bond motifs is 2. The highest BCUT2D eigenvalue weighted by molar-refractivity contribution is 5.91. The van der Waals surface area contributed by atoms with Gasteiger partial charge in [0.15, 0.2) is 17.1 Å². The molecule has 5 rings (SSSR count). The van der Waals surface area contributed by atoms with Crippen molar-refractivity contribution in [3.8, 4) is 23.1 Å². The van der Waals surface area contributed by atoms with Crippen LogP contribution in [0.15, 0.2) is 48.5 Å². The fourth-order valence-electron chi connectivity index (χ4n) is 4.27. The summed E-state index contributed by atoms with van der Waals surface area (Å²) in [6, 6.07) is 15.3. The first-order chi connectivity index (χ1) is 16.5. The molecule has 2 aromatic carbocycles. The number of benzene rings is 2. The van der Waals surface area contributed by atoms with Crippen molar-refractivity contribution in [2.24, 2.45) is 0 Å². The third-order valence-electron chi connectivity index (χ3n) is 5.87. The third kappa shape index (κ3) is 4.03. The van der Waals surface area contributed by atoms with Gasteiger partial charge >= 0.3 is 0 Å². The van der Waals surface area contributed by atoms with Crippen LogP contribution in [0.4, 0.5) is 5.69 Å². The van der Waals surface area contributed by atoms with Gasteiger partial charge in [0.2, 0.25) is 18.6 Å². The zero-order chi connectivity index (χ0) is 23.7. The molecule has 0 saturated heterocycles. The normalized spacial score (nSPS) is 12.2. The number of amides is 1. The molecule has 8 heteroatoms. The number of aryl methyl sites for hydroxylation is 2. The van der Waals surface area contributed by atoms with Crippen LogP contribution in [0.1, 0.15) is 30.2 Å². The minimum Gasteiger partial charge on any atom is -0.478 e. The number of anilines is 1. The Morgan fingerprint density at radius 3 is 2.71 bits per heavy atom. The van der Waals surface area contributed by atoms with Gasteiger partial charge in [0.05, 0.1) is 18.0 Å². The van der Waals surface area contributed by atoms with E-state index in [4.69, 9.17) is 24.3 Å². The number of pyridine rings is 1. The number of para-hydroxylation sites is 1. The molecule has 1 aliphatic rings. The molecular formula is C26H26N4O4. The summed E-state index contributed by atoms with van der Waals surface area (Å²) in [5.41, 5.74) is 5.20. The van der Waals surface area contributed by atoms with Gasteiger partial charge in [0.1, 0.15) is 0 Å². The van der Waals surface area contributed by atoms with Crippen LogP contribution in [0.5, 0.6) is 17.4 Å². The molecule has 1 aliphatic heterocycles. The van der Waals surface area contributed by atoms with Crippen LogP contribution in [0, 0.1) is 13.8 Å². The molecule has 0 unspecified atom stereocenters. The van der Waals surface area contributed by atoms with Crippen molar-refractivity contribution in [1.82, 2.24) is 14.8 Å². The van der Waals surface area contributed by atoms with E-state index in [9.17, 15) is 4.79 Å². The van der Waals surface area contributed by atoms with Gasteiger partial charge in [-0.2, -0.15) is 10.1 Å². The SMILES string of the molecule is CCOc1nc2c(c(C)nn2-c2ccccc2)c(C)c1CCC(=O)Nc1ccc2c(c1)OCO2. The summed E-state index contributed by atoms with van der Waals surface area (Å²) in [5.74, 6) is 1.76. The quantitative estimate of drug-likeness (QED) is 0.431. The van der Waals surface area contributed by atoms with Crippen molar-refractivity contribution >= 4 is 22.6 Å². The molecule has 4 aromatic rings. The van der Waals surface area contributed by atoms with E-state index in [1.807, 2.05) is 55.8 Å². The van der Waals surface area contributed by atoms with E-state index in [2.05, 4.69) is 5.32 Å². The molecule has 0 radical (unpaired) electrons. The maximum Gasteiger partial charge on any atom is 0.231 e. The second kappa shape index (κ2) is 9.05. The van der Waals surface area contributed by atoms with Gasteiger partial charge in [0, 0.05) is 29.1 Å². The van der Waals surface area contributed by atoms with Gasteiger partial charge in [-0.15, -0.1) is 0 Å². The predicted molar refractivity (Wildman–Crippen MR) is 129 cm³/mol. The summed E-state index contributed by atoms with van der Waals surface area (Å²) in [6.45, 7) is 6.63. The average Bonchev–Trinajstić information content (AvgIpc) is 3.43. The third-order valence-corrected chi connectivity index (χ3v) is 5.87. The molecule has 2 aromatic heterocycles. The molecule has 0 fully saturated rings. The summed E-state index contributed by atoms with van der Waals surface area (Å²) < 4.78 is 18.5. The van der Waals surface area contributed by atoms with Crippen molar-refractivity contribution in [1.29, 1.82) is 0 Å². The van der Waals surface area contributed by atoms with Crippen LogP contribution >= 0.6 is 0 Å². The van der Waals surface area contributed by atoms with Gasteiger partial charge in [-0.1, -0.05) is 18.2 Å². The molecule has 8 nitrogen and oxygen atoms in total. The molecule has 1 amide bonds. The van der Waals surface area contributed by atoms with Gasteiger partial charge in [-0.25, -0.2) is 4.68 Å². The molecule has 3 heterocycles. The lowest BCUT2D eigenvalue weighted by Gasteiger charge is -2.14. The molecule has 1 N–H and O–H groups in total. The second-order valence-corrected chi connectivity index (χ2v) is 8.10. The lowest BCUT2D eigenvalue weighted by atomic mass is 10.0. The Labute approximate surface area is 197 Å². The minimum atomic E-state index is -0.0995. The Kier molecular flexibility index (Phi) is 5.79. The first-order valence-corrected chi connectivity index (χ1v) is 11.3. The Hall–Kier alpha value is -4.07. The summed E-state index contributed by atoms with van der Waals surface area (Å²) in [7, 11) is 0. The zero-order valence-corrected chi connectivity index (χ0v) is 19.4. The minimum absolute atomic E-state index is 0.0995. The second-order valence-electron chi connectivity index (χ2n) is 8.10. The molecule has 0 aliphatic carbocycles. The van der Waals surface area contributed by atoms with E-state index < -0.39 is 0 Å². The number of nitrogens with zero attached hydrogens (tertiary/aromatic N) is 3. The van der Waals surface area contributed by atoms with Gasteiger partial charge in [-0.05, 0) is 57.0 Å². The number of nitrogens with one attached hydrogen (secondary N) is 1. The molecule has 0 bridgehead atoms. The molecule has 174 valence electrons. The smallest absolute Gasteiger partial charge is 0.231 e. The highest BCUT2D eigenvalue weighted by Gasteiger charge is 2.21. The van der Waals surface area contributed by atoms with E-state index in [-0.39, 0.29) is 19.1 Å². The van der Waals surface area contributed by atoms with Gasteiger partial charge in [-0.3, -0.25) is 4.79 Å². The fourth-order valence-corrected chi connectivity index (χ4v) is 4.27. The maximum absolute atomic E-state index is 12.7. The Balaban J connectivity index is 1.42. The number of aromatic nitrogens is 3. The number of hydrogen-bond acceptors (Lipinski definition) is 6. The van der Waals surface area contributed by atoms with E-state index in [0.29, 0.717) is 36.1 Å². The van der Waals surface area contributed by atoms with E-state index in [1.54, 1.807) is 18.2 Å². The molecule has 0 atom stereocenters. The standard InChI is InChI=1S/C26H26N4O4/c1-4-32-26-20(11-13-23(31)27-18-10-12-21-22(14-18)34-15-33-21)16(2)24-17(3)29-30(25(24)28-26)19-8-6-5-7-9-19/h5-10,12,14H,4,11,13,15H2,1-3H3,(H,27,31). The van der Waals surface area contributed by atoms with Crippen molar-refractivity contribution in [3.05, 3.63) is 65.4 Å². The van der Waals surface area contributed by atoms with Crippen molar-refractivity contribution in [3.63, 3.8) is 0 Å². The van der Waals surface area contributed by atoms with Crippen molar-refractivity contribution in [2.75, 3.05) is 18.7 Å². The number of carbonyl (C=O) groups is 1. The first kappa shape index (κ1) is 21.8. The summed E-state index contributed by atoms with van der Waals surface area (Å²) in [4.78, 5) is 17.6. The van der Waals surface area contributed by atoms with Crippen LogP contribution in [-0.2, 0) is 11.2 Å². The molecule has 0 saturated carbocycles. The van der Waals surface area contributed by atoms with E-state index >= 15 is 0 Å². The highest BCUT2D eigenvalue weighted by Crippen LogP contribution is 2.35. The van der Waals surface area contributed by atoms with Crippen LogP contribution in [0.3, 0.4) is 0 Å². The van der Waals surface area contributed by atoms with Gasteiger partial charge < -0.3 is 19.5 Å². The van der Waals surface area contributed by atoms with E-state index in [1.165, 1.54) is 0 Å². The van der Waals surface area contributed by atoms with Crippen LogP contribution in [0.25, 0.3) is 16.7 Å². The van der Waals surface area contributed by atoms with E-state index in [0.717, 1.165) is 33.5 Å². The summed E-state index contributed by atoms with van der Waals surface area (Å²) >= 11 is 0. The molecule has 0 spiro atoms. The van der Waals surface area contributed by atoms with Crippen LogP contribution < -0.4 is 19.5 Å². The molecule has 34 heavy (non-hydrogen) atoms. The summed E-state index contributed by atoms with van der Waals surface area (Å²) in [5, 5.41) is 8.66. The van der Waals surface area contributed by atoms with Crippen LogP contribution in [-0.4, -0.2) is 34.1 Å². The maximum atomic E-state index is 12.7.